The number of hydrogen-bond donors (Lipinski definition) is 2. The highest BCUT2D eigenvalue weighted by molar-refractivity contribution is 7.07. The number of nitrogens with zero attached hydrogens (tertiary/aromatic N) is 2. The second kappa shape index (κ2) is 4.57. The highest BCUT2D eigenvalue weighted by atomic mass is 32.1. The van der Waals surface area contributed by atoms with Gasteiger partial charge in [0.15, 0.2) is 5.82 Å². The molecular formula is C11H16N4S. The first-order valence-electron chi connectivity index (χ1n) is 5.22. The average Bonchev–Trinajstić information content (AvgIpc) is 2.78. The molecule has 2 heterocycles. The summed E-state index contributed by atoms with van der Waals surface area (Å²) >= 11 is 1.72. The van der Waals surface area contributed by atoms with Crippen molar-refractivity contribution in [1.82, 2.24) is 9.78 Å². The quantitative estimate of drug-likeness (QED) is 0.854. The molecule has 16 heavy (non-hydrogen) atoms. The molecule has 0 saturated carbocycles. The molecule has 3 N–H and O–H groups in total. The van der Waals surface area contributed by atoms with E-state index in [2.05, 4.69) is 34.2 Å². The van der Waals surface area contributed by atoms with Crippen molar-refractivity contribution >= 4 is 22.8 Å². The molecule has 0 aromatic carbocycles. The summed E-state index contributed by atoms with van der Waals surface area (Å²) in [4.78, 5) is 0. The molecule has 4 nitrogen and oxygen atoms in total. The zero-order chi connectivity index (χ0) is 11.5. The lowest BCUT2D eigenvalue weighted by atomic mass is 10.1. The van der Waals surface area contributed by atoms with Crippen molar-refractivity contribution in [3.05, 3.63) is 28.6 Å². The number of nitrogens with one attached hydrogen (secondary N) is 1. The standard InChI is InChI=1S/C11H16N4S/c1-8(5-9-3-4-16-7-9)13-11-10(12)6-15(2)14-11/h3-4,6-8H,5,12H2,1-2H3,(H,13,14). The highest BCUT2D eigenvalue weighted by Gasteiger charge is 2.08. The Balaban J connectivity index is 1.97. The summed E-state index contributed by atoms with van der Waals surface area (Å²) < 4.78 is 1.72. The van der Waals surface area contributed by atoms with Gasteiger partial charge in [-0.3, -0.25) is 4.68 Å². The SMILES string of the molecule is CC(Cc1ccsc1)Nc1nn(C)cc1N. The summed E-state index contributed by atoms with van der Waals surface area (Å²) in [5, 5.41) is 11.8. The van der Waals surface area contributed by atoms with Crippen LogP contribution in [0.1, 0.15) is 12.5 Å². The van der Waals surface area contributed by atoms with E-state index in [1.807, 2.05) is 7.05 Å². The van der Waals surface area contributed by atoms with Crippen molar-refractivity contribution in [2.24, 2.45) is 7.05 Å². The lowest BCUT2D eigenvalue weighted by Crippen LogP contribution is -2.18. The molecule has 0 saturated heterocycles. The summed E-state index contributed by atoms with van der Waals surface area (Å²) in [5.74, 6) is 0.769. The normalized spacial score (nSPS) is 12.6. The molecule has 2 rings (SSSR count). The van der Waals surface area contributed by atoms with Crippen LogP contribution in [0.4, 0.5) is 11.5 Å². The van der Waals surface area contributed by atoms with Crippen LogP contribution in [0, 0.1) is 0 Å². The van der Waals surface area contributed by atoms with Crippen LogP contribution >= 0.6 is 11.3 Å². The van der Waals surface area contributed by atoms with Crippen LogP contribution in [0.15, 0.2) is 23.0 Å². The molecule has 0 fully saturated rings. The number of aromatic nitrogens is 2. The van der Waals surface area contributed by atoms with Crippen LogP contribution < -0.4 is 11.1 Å². The van der Waals surface area contributed by atoms with Crippen molar-refractivity contribution < 1.29 is 0 Å². The van der Waals surface area contributed by atoms with E-state index >= 15 is 0 Å². The number of nitrogens with two attached hydrogens (primary N) is 1. The Morgan fingerprint density at radius 1 is 1.62 bits per heavy atom. The van der Waals surface area contributed by atoms with Gasteiger partial charge in [-0.05, 0) is 35.7 Å². The number of rotatable bonds is 4. The minimum atomic E-state index is 0.326. The van der Waals surface area contributed by atoms with Crippen molar-refractivity contribution in [1.29, 1.82) is 0 Å². The molecule has 2 aromatic heterocycles. The van der Waals surface area contributed by atoms with Gasteiger partial charge < -0.3 is 11.1 Å². The van der Waals surface area contributed by atoms with E-state index in [1.165, 1.54) is 5.56 Å². The van der Waals surface area contributed by atoms with Gasteiger partial charge in [0.1, 0.15) is 0 Å². The largest absolute Gasteiger partial charge is 0.394 e. The summed E-state index contributed by atoms with van der Waals surface area (Å²) in [6.45, 7) is 2.13. The molecule has 0 aliphatic heterocycles. The number of aryl methyl sites for hydroxylation is 1. The monoisotopic (exact) mass is 236 g/mol. The summed E-state index contributed by atoms with van der Waals surface area (Å²) in [6, 6.07) is 2.47. The van der Waals surface area contributed by atoms with Gasteiger partial charge in [-0.25, -0.2) is 0 Å². The Morgan fingerprint density at radius 3 is 3.00 bits per heavy atom. The molecule has 2 aromatic rings. The van der Waals surface area contributed by atoms with Crippen molar-refractivity contribution in [3.63, 3.8) is 0 Å². The second-order valence-corrected chi connectivity index (χ2v) is 4.77. The zero-order valence-corrected chi connectivity index (χ0v) is 10.3. The topological polar surface area (TPSA) is 55.9 Å². The minimum Gasteiger partial charge on any atom is -0.394 e. The zero-order valence-electron chi connectivity index (χ0n) is 9.47. The molecule has 0 spiro atoms. The number of thiophene rings is 1. The lowest BCUT2D eigenvalue weighted by Gasteiger charge is -2.12. The van der Waals surface area contributed by atoms with E-state index in [0.29, 0.717) is 11.7 Å². The van der Waals surface area contributed by atoms with Gasteiger partial charge in [0.05, 0.1) is 5.69 Å². The van der Waals surface area contributed by atoms with Gasteiger partial charge in [-0.1, -0.05) is 0 Å². The van der Waals surface area contributed by atoms with E-state index < -0.39 is 0 Å². The Kier molecular flexibility index (Phi) is 3.14. The molecule has 0 radical (unpaired) electrons. The third kappa shape index (κ3) is 2.55. The number of hydrogen-bond acceptors (Lipinski definition) is 4. The molecule has 1 unspecified atom stereocenters. The maximum absolute atomic E-state index is 5.82. The van der Waals surface area contributed by atoms with Gasteiger partial charge in [-0.15, -0.1) is 0 Å². The van der Waals surface area contributed by atoms with Crippen LogP contribution in [0.2, 0.25) is 0 Å². The molecule has 0 aliphatic carbocycles. The first kappa shape index (κ1) is 11.0. The Hall–Kier alpha value is -1.49. The summed E-state index contributed by atoms with van der Waals surface area (Å²) in [7, 11) is 1.87. The van der Waals surface area contributed by atoms with Crippen LogP contribution in [0.5, 0.6) is 0 Å². The molecule has 0 aliphatic rings. The van der Waals surface area contributed by atoms with Crippen LogP contribution in [0.3, 0.4) is 0 Å². The van der Waals surface area contributed by atoms with Gasteiger partial charge in [0.25, 0.3) is 0 Å². The van der Waals surface area contributed by atoms with Gasteiger partial charge in [-0.2, -0.15) is 16.4 Å². The van der Waals surface area contributed by atoms with E-state index in [9.17, 15) is 0 Å². The van der Waals surface area contributed by atoms with Gasteiger partial charge >= 0.3 is 0 Å². The predicted octanol–water partition coefficient (Wildman–Crippen LogP) is 2.11. The smallest absolute Gasteiger partial charge is 0.171 e. The maximum Gasteiger partial charge on any atom is 0.171 e. The minimum absolute atomic E-state index is 0.326. The fraction of sp³-hybridized carbons (Fsp3) is 0.364. The van der Waals surface area contributed by atoms with Crippen molar-refractivity contribution in [2.45, 2.75) is 19.4 Å². The third-order valence-corrected chi connectivity index (χ3v) is 3.09. The highest BCUT2D eigenvalue weighted by Crippen LogP contribution is 2.17. The van der Waals surface area contributed by atoms with E-state index in [-0.39, 0.29) is 0 Å². The van der Waals surface area contributed by atoms with E-state index in [1.54, 1.807) is 22.2 Å². The number of nitrogen functional groups attached to an aromatic ring is 1. The van der Waals surface area contributed by atoms with Crippen LogP contribution in [-0.4, -0.2) is 15.8 Å². The lowest BCUT2D eigenvalue weighted by molar-refractivity contribution is 0.746. The van der Waals surface area contributed by atoms with Gasteiger partial charge in [0.2, 0.25) is 0 Å². The van der Waals surface area contributed by atoms with Crippen molar-refractivity contribution in [2.75, 3.05) is 11.1 Å². The Labute approximate surface area is 99.1 Å². The van der Waals surface area contributed by atoms with Crippen molar-refractivity contribution in [3.8, 4) is 0 Å². The fourth-order valence-electron chi connectivity index (χ4n) is 1.67. The van der Waals surface area contributed by atoms with Crippen LogP contribution in [0.25, 0.3) is 0 Å². The first-order chi connectivity index (χ1) is 7.65. The Bertz CT molecular complexity index is 447. The molecular weight excluding hydrogens is 220 g/mol. The van der Waals surface area contributed by atoms with E-state index in [4.69, 9.17) is 5.73 Å². The van der Waals surface area contributed by atoms with E-state index in [0.717, 1.165) is 12.2 Å². The molecule has 0 amide bonds. The summed E-state index contributed by atoms with van der Waals surface area (Å²) in [5.41, 5.74) is 7.86. The molecule has 0 bridgehead atoms. The Morgan fingerprint density at radius 2 is 2.44 bits per heavy atom. The van der Waals surface area contributed by atoms with Crippen LogP contribution in [-0.2, 0) is 13.5 Å². The second-order valence-electron chi connectivity index (χ2n) is 3.99. The average molecular weight is 236 g/mol. The summed E-state index contributed by atoms with van der Waals surface area (Å²) in [6.07, 6.45) is 2.79. The molecule has 86 valence electrons. The molecule has 1 atom stereocenters. The predicted molar refractivity (Wildman–Crippen MR) is 68.7 cm³/mol. The fourth-order valence-corrected chi connectivity index (χ4v) is 2.35. The third-order valence-electron chi connectivity index (χ3n) is 2.36. The first-order valence-corrected chi connectivity index (χ1v) is 6.16. The molecule has 5 heteroatoms. The maximum atomic E-state index is 5.82. The number of anilines is 2. The van der Waals surface area contributed by atoms with Gasteiger partial charge in [0, 0.05) is 19.3 Å².